The smallest absolute Gasteiger partial charge is 0.256 e. The highest BCUT2D eigenvalue weighted by atomic mass is 16.5. The molecular weight excluding hydrogens is 230 g/mol. The first kappa shape index (κ1) is 14.7. The number of nitrogens with one attached hydrogen (secondary N) is 1. The van der Waals surface area contributed by atoms with Crippen molar-refractivity contribution in [3.63, 3.8) is 0 Å². The number of aliphatic hydroxyl groups is 1. The van der Waals surface area contributed by atoms with E-state index in [1.54, 1.807) is 32.0 Å². The molecule has 0 heterocycles. The van der Waals surface area contributed by atoms with Gasteiger partial charge in [-0.2, -0.15) is 0 Å². The lowest BCUT2D eigenvalue weighted by Crippen LogP contribution is -2.41. The highest BCUT2D eigenvalue weighted by molar-refractivity contribution is 5.97. The molecule has 1 rings (SSSR count). The van der Waals surface area contributed by atoms with E-state index < -0.39 is 11.7 Å². The van der Waals surface area contributed by atoms with Crippen molar-refractivity contribution < 1.29 is 14.6 Å². The van der Waals surface area contributed by atoms with Gasteiger partial charge in [-0.1, -0.05) is 19.1 Å². The van der Waals surface area contributed by atoms with Gasteiger partial charge in [0, 0.05) is 12.8 Å². The van der Waals surface area contributed by atoms with Crippen LogP contribution in [0.2, 0.25) is 0 Å². The largest absolute Gasteiger partial charge is 0.389 e. The molecule has 2 atom stereocenters. The Hall–Kier alpha value is -1.39. The van der Waals surface area contributed by atoms with Crippen LogP contribution in [0, 0.1) is 0 Å². The van der Waals surface area contributed by atoms with Gasteiger partial charge in [0.2, 0.25) is 0 Å². The fourth-order valence-corrected chi connectivity index (χ4v) is 1.54. The number of methoxy groups -OCH3 is 1. The third-order valence-corrected chi connectivity index (χ3v) is 3.23. The van der Waals surface area contributed by atoms with Crippen LogP contribution in [-0.4, -0.2) is 23.7 Å². The molecular formula is C14H21NO3. The number of anilines is 1. The Labute approximate surface area is 108 Å². The summed E-state index contributed by atoms with van der Waals surface area (Å²) in [4.78, 5) is 12.1. The number of ether oxygens (including phenoxy) is 1. The van der Waals surface area contributed by atoms with E-state index in [-0.39, 0.29) is 5.91 Å². The van der Waals surface area contributed by atoms with Gasteiger partial charge in [0.15, 0.2) is 0 Å². The van der Waals surface area contributed by atoms with Crippen LogP contribution >= 0.6 is 0 Å². The first-order valence-electron chi connectivity index (χ1n) is 6.07. The second kappa shape index (κ2) is 5.98. The maximum absolute atomic E-state index is 12.1. The predicted molar refractivity (Wildman–Crippen MR) is 71.4 cm³/mol. The fraction of sp³-hybridized carbons (Fsp3) is 0.500. The maximum atomic E-state index is 12.1. The molecule has 2 unspecified atom stereocenters. The molecule has 0 spiro atoms. The lowest BCUT2D eigenvalue weighted by molar-refractivity contribution is -0.136. The maximum Gasteiger partial charge on any atom is 0.256 e. The van der Waals surface area contributed by atoms with E-state index in [0.29, 0.717) is 12.1 Å². The summed E-state index contributed by atoms with van der Waals surface area (Å²) < 4.78 is 5.24. The topological polar surface area (TPSA) is 58.6 Å². The predicted octanol–water partition coefficient (Wildman–Crippen LogP) is 2.49. The Kier molecular flexibility index (Phi) is 4.87. The highest BCUT2D eigenvalue weighted by Gasteiger charge is 2.30. The molecule has 1 aromatic rings. The van der Waals surface area contributed by atoms with Crippen molar-refractivity contribution in [2.75, 3.05) is 12.4 Å². The van der Waals surface area contributed by atoms with Gasteiger partial charge >= 0.3 is 0 Å². The molecule has 0 saturated heterocycles. The van der Waals surface area contributed by atoms with Crippen LogP contribution in [0.4, 0.5) is 5.69 Å². The molecule has 4 nitrogen and oxygen atoms in total. The van der Waals surface area contributed by atoms with E-state index in [9.17, 15) is 9.90 Å². The molecule has 0 aliphatic rings. The molecule has 0 aliphatic heterocycles. The Bertz CT molecular complexity index is 411. The Morgan fingerprint density at radius 3 is 2.72 bits per heavy atom. The van der Waals surface area contributed by atoms with Gasteiger partial charge in [0.25, 0.3) is 5.91 Å². The van der Waals surface area contributed by atoms with Gasteiger partial charge in [0.05, 0.1) is 6.10 Å². The lowest BCUT2D eigenvalue weighted by Gasteiger charge is -2.25. The van der Waals surface area contributed by atoms with Crippen molar-refractivity contribution in [2.24, 2.45) is 0 Å². The van der Waals surface area contributed by atoms with Crippen LogP contribution in [0.1, 0.15) is 38.9 Å². The zero-order valence-corrected chi connectivity index (χ0v) is 11.4. The Morgan fingerprint density at radius 2 is 2.22 bits per heavy atom. The van der Waals surface area contributed by atoms with Crippen LogP contribution in [0.15, 0.2) is 24.3 Å². The molecule has 0 radical (unpaired) electrons. The van der Waals surface area contributed by atoms with Gasteiger partial charge in [-0.25, -0.2) is 0 Å². The number of amides is 1. The average molecular weight is 251 g/mol. The van der Waals surface area contributed by atoms with Gasteiger partial charge in [-0.05, 0) is 38.0 Å². The van der Waals surface area contributed by atoms with Crippen molar-refractivity contribution in [1.29, 1.82) is 0 Å². The minimum absolute atomic E-state index is 0.185. The molecule has 0 saturated carbocycles. The van der Waals surface area contributed by atoms with E-state index in [4.69, 9.17) is 4.74 Å². The van der Waals surface area contributed by atoms with Gasteiger partial charge in [-0.15, -0.1) is 0 Å². The van der Waals surface area contributed by atoms with E-state index in [1.807, 2.05) is 13.0 Å². The standard InChI is InChI=1S/C14H21NO3/c1-5-14(3,18-4)13(17)15-12-8-6-7-11(9-12)10(2)16/h6-10,16H,5H2,1-4H3,(H,15,17). The molecule has 0 fully saturated rings. The van der Waals surface area contributed by atoms with Crippen molar-refractivity contribution in [2.45, 2.75) is 38.9 Å². The molecule has 0 bridgehead atoms. The SMILES string of the molecule is CCC(C)(OC)C(=O)Nc1cccc(C(C)O)c1. The summed E-state index contributed by atoms with van der Waals surface area (Å²) in [6, 6.07) is 7.16. The normalized spacial score (nSPS) is 15.8. The summed E-state index contributed by atoms with van der Waals surface area (Å²) in [7, 11) is 1.52. The van der Waals surface area contributed by atoms with E-state index in [2.05, 4.69) is 5.32 Å². The van der Waals surface area contributed by atoms with Crippen LogP contribution in [0.5, 0.6) is 0 Å². The molecule has 0 aliphatic carbocycles. The minimum Gasteiger partial charge on any atom is -0.389 e. The van der Waals surface area contributed by atoms with Crippen LogP contribution < -0.4 is 5.32 Å². The fourth-order valence-electron chi connectivity index (χ4n) is 1.54. The molecule has 18 heavy (non-hydrogen) atoms. The van der Waals surface area contributed by atoms with E-state index >= 15 is 0 Å². The summed E-state index contributed by atoms with van der Waals surface area (Å²) in [5.74, 6) is -0.185. The Balaban J connectivity index is 2.85. The van der Waals surface area contributed by atoms with Crippen LogP contribution in [0.3, 0.4) is 0 Å². The summed E-state index contributed by atoms with van der Waals surface area (Å²) in [6.45, 7) is 5.34. The summed E-state index contributed by atoms with van der Waals surface area (Å²) >= 11 is 0. The lowest BCUT2D eigenvalue weighted by atomic mass is 10.0. The number of hydrogen-bond acceptors (Lipinski definition) is 3. The van der Waals surface area contributed by atoms with Crippen molar-refractivity contribution in [1.82, 2.24) is 0 Å². The molecule has 1 amide bonds. The highest BCUT2D eigenvalue weighted by Crippen LogP contribution is 2.20. The van der Waals surface area contributed by atoms with Crippen molar-refractivity contribution in [3.8, 4) is 0 Å². The molecule has 1 aromatic carbocycles. The molecule has 2 N–H and O–H groups in total. The second-order valence-electron chi connectivity index (χ2n) is 4.54. The number of rotatable bonds is 5. The molecule has 0 aromatic heterocycles. The van der Waals surface area contributed by atoms with Crippen LogP contribution in [0.25, 0.3) is 0 Å². The number of hydrogen-bond donors (Lipinski definition) is 2. The molecule has 100 valence electrons. The number of carbonyl (C=O) groups is 1. The number of carbonyl (C=O) groups excluding carboxylic acids is 1. The minimum atomic E-state index is -0.833. The Morgan fingerprint density at radius 1 is 1.56 bits per heavy atom. The van der Waals surface area contributed by atoms with Gasteiger partial charge in [-0.3, -0.25) is 4.79 Å². The van der Waals surface area contributed by atoms with Crippen molar-refractivity contribution in [3.05, 3.63) is 29.8 Å². The first-order chi connectivity index (χ1) is 8.42. The zero-order chi connectivity index (χ0) is 13.8. The number of benzene rings is 1. The quantitative estimate of drug-likeness (QED) is 0.845. The summed E-state index contributed by atoms with van der Waals surface area (Å²) in [5.41, 5.74) is 0.597. The first-order valence-corrected chi connectivity index (χ1v) is 6.07. The van der Waals surface area contributed by atoms with E-state index in [0.717, 1.165) is 5.56 Å². The zero-order valence-electron chi connectivity index (χ0n) is 11.4. The third-order valence-electron chi connectivity index (χ3n) is 3.23. The molecule has 4 heteroatoms. The monoisotopic (exact) mass is 251 g/mol. The van der Waals surface area contributed by atoms with Crippen molar-refractivity contribution >= 4 is 11.6 Å². The van der Waals surface area contributed by atoms with Gasteiger partial charge < -0.3 is 15.2 Å². The van der Waals surface area contributed by atoms with Gasteiger partial charge in [0.1, 0.15) is 5.60 Å². The average Bonchev–Trinajstić information content (AvgIpc) is 2.38. The number of aliphatic hydroxyl groups excluding tert-OH is 1. The van der Waals surface area contributed by atoms with Crippen LogP contribution in [-0.2, 0) is 9.53 Å². The third kappa shape index (κ3) is 3.31. The summed E-state index contributed by atoms with van der Waals surface area (Å²) in [5, 5.41) is 12.3. The van der Waals surface area contributed by atoms with E-state index in [1.165, 1.54) is 7.11 Å². The second-order valence-corrected chi connectivity index (χ2v) is 4.54. The summed E-state index contributed by atoms with van der Waals surface area (Å²) in [6.07, 6.45) is 0.0349.